The molecular formula is C14H16N2O3S. The van der Waals surface area contributed by atoms with E-state index in [4.69, 9.17) is 4.74 Å². The quantitative estimate of drug-likeness (QED) is 0.685. The molecule has 6 heteroatoms. The number of methoxy groups -OCH3 is 1. The Morgan fingerprint density at radius 1 is 1.65 bits per heavy atom. The van der Waals surface area contributed by atoms with E-state index in [0.29, 0.717) is 17.8 Å². The van der Waals surface area contributed by atoms with Gasteiger partial charge < -0.3 is 10.1 Å². The van der Waals surface area contributed by atoms with E-state index in [0.717, 1.165) is 5.56 Å². The van der Waals surface area contributed by atoms with Crippen molar-refractivity contribution in [1.29, 1.82) is 0 Å². The Hall–Kier alpha value is -2.08. The molecule has 20 heavy (non-hydrogen) atoms. The Bertz CT molecular complexity index is 563. The summed E-state index contributed by atoms with van der Waals surface area (Å²) >= 11 is 1.51. The van der Waals surface area contributed by atoms with Gasteiger partial charge in [-0.3, -0.25) is 4.90 Å². The van der Waals surface area contributed by atoms with Crippen molar-refractivity contribution >= 4 is 23.3 Å². The molecule has 0 aliphatic carbocycles. The number of amides is 2. The van der Waals surface area contributed by atoms with Crippen molar-refractivity contribution in [3.8, 4) is 0 Å². The van der Waals surface area contributed by atoms with Crippen LogP contribution in [0, 0.1) is 0 Å². The fourth-order valence-corrected chi connectivity index (χ4v) is 2.88. The van der Waals surface area contributed by atoms with Crippen LogP contribution in [0.15, 0.2) is 40.8 Å². The molecule has 1 aromatic heterocycles. The van der Waals surface area contributed by atoms with E-state index in [1.54, 1.807) is 13.0 Å². The van der Waals surface area contributed by atoms with Gasteiger partial charge in [0.2, 0.25) is 0 Å². The summed E-state index contributed by atoms with van der Waals surface area (Å²) in [4.78, 5) is 25.7. The van der Waals surface area contributed by atoms with Crippen molar-refractivity contribution in [2.45, 2.75) is 13.0 Å². The van der Waals surface area contributed by atoms with Crippen LogP contribution in [0.3, 0.4) is 0 Å². The monoisotopic (exact) mass is 292 g/mol. The van der Waals surface area contributed by atoms with Crippen LogP contribution in [0.2, 0.25) is 0 Å². The highest BCUT2D eigenvalue weighted by molar-refractivity contribution is 7.08. The predicted molar refractivity (Wildman–Crippen MR) is 77.2 cm³/mol. The Morgan fingerprint density at radius 3 is 2.95 bits per heavy atom. The Balaban J connectivity index is 2.50. The lowest BCUT2D eigenvalue weighted by atomic mass is 9.97. The SMILES string of the molecule is C=CCN1C(=O)NC(c2ccsc2)C(C(=O)OC)=C1C. The van der Waals surface area contributed by atoms with Crippen molar-refractivity contribution in [2.24, 2.45) is 0 Å². The number of thiophene rings is 1. The number of hydrogen-bond acceptors (Lipinski definition) is 4. The summed E-state index contributed by atoms with van der Waals surface area (Å²) in [6.07, 6.45) is 1.61. The van der Waals surface area contributed by atoms with Gasteiger partial charge in [0.05, 0.1) is 18.7 Å². The van der Waals surface area contributed by atoms with Gasteiger partial charge in [-0.1, -0.05) is 6.08 Å². The summed E-state index contributed by atoms with van der Waals surface area (Å²) in [5.74, 6) is -0.437. The van der Waals surface area contributed by atoms with Gasteiger partial charge in [0.15, 0.2) is 0 Å². The lowest BCUT2D eigenvalue weighted by Gasteiger charge is -2.34. The number of esters is 1. The molecule has 1 unspecified atom stereocenters. The number of ether oxygens (including phenoxy) is 1. The Labute approximate surface area is 121 Å². The molecule has 106 valence electrons. The first-order chi connectivity index (χ1) is 9.60. The maximum absolute atomic E-state index is 12.1. The summed E-state index contributed by atoms with van der Waals surface area (Å²) in [6, 6.07) is 1.17. The maximum atomic E-state index is 12.1. The molecule has 1 atom stereocenters. The third-order valence-corrected chi connectivity index (χ3v) is 3.89. The van der Waals surface area contributed by atoms with Crippen LogP contribution in [0.5, 0.6) is 0 Å². The van der Waals surface area contributed by atoms with Gasteiger partial charge in [-0.25, -0.2) is 9.59 Å². The zero-order valence-electron chi connectivity index (χ0n) is 11.4. The van der Waals surface area contributed by atoms with Gasteiger partial charge in [-0.15, -0.1) is 6.58 Å². The highest BCUT2D eigenvalue weighted by Crippen LogP contribution is 2.32. The van der Waals surface area contributed by atoms with E-state index >= 15 is 0 Å². The van der Waals surface area contributed by atoms with Crippen LogP contribution < -0.4 is 5.32 Å². The van der Waals surface area contributed by atoms with Crippen molar-refractivity contribution in [3.63, 3.8) is 0 Å². The van der Waals surface area contributed by atoms with E-state index in [9.17, 15) is 9.59 Å². The molecule has 0 saturated carbocycles. The summed E-state index contributed by atoms with van der Waals surface area (Å²) < 4.78 is 4.85. The smallest absolute Gasteiger partial charge is 0.337 e. The first-order valence-corrected chi connectivity index (χ1v) is 7.04. The second kappa shape index (κ2) is 5.92. The zero-order valence-corrected chi connectivity index (χ0v) is 12.2. The van der Waals surface area contributed by atoms with Crippen LogP contribution >= 0.6 is 11.3 Å². The number of urea groups is 1. The first-order valence-electron chi connectivity index (χ1n) is 6.10. The molecule has 0 radical (unpaired) electrons. The average Bonchev–Trinajstić information content (AvgIpc) is 2.96. The molecule has 1 aromatic rings. The molecule has 2 rings (SSSR count). The van der Waals surface area contributed by atoms with E-state index in [2.05, 4.69) is 11.9 Å². The van der Waals surface area contributed by atoms with Crippen molar-refractivity contribution in [1.82, 2.24) is 10.2 Å². The normalized spacial score (nSPS) is 18.8. The van der Waals surface area contributed by atoms with Gasteiger partial charge in [-0.05, 0) is 29.3 Å². The van der Waals surface area contributed by atoms with E-state index in [-0.39, 0.29) is 6.03 Å². The van der Waals surface area contributed by atoms with Crippen LogP contribution in [0.1, 0.15) is 18.5 Å². The third-order valence-electron chi connectivity index (χ3n) is 3.19. The van der Waals surface area contributed by atoms with E-state index in [1.165, 1.54) is 23.3 Å². The van der Waals surface area contributed by atoms with E-state index in [1.807, 2.05) is 16.8 Å². The minimum atomic E-state index is -0.470. The van der Waals surface area contributed by atoms with Gasteiger partial charge in [-0.2, -0.15) is 11.3 Å². The van der Waals surface area contributed by atoms with Crippen molar-refractivity contribution in [2.75, 3.05) is 13.7 Å². The first kappa shape index (κ1) is 14.3. The molecule has 0 spiro atoms. The molecule has 0 fully saturated rings. The summed E-state index contributed by atoms with van der Waals surface area (Å²) in [5, 5.41) is 6.65. The topological polar surface area (TPSA) is 58.6 Å². The molecule has 1 aliphatic heterocycles. The second-order valence-electron chi connectivity index (χ2n) is 4.33. The lowest BCUT2D eigenvalue weighted by Crippen LogP contribution is -2.47. The molecule has 0 aromatic carbocycles. The second-order valence-corrected chi connectivity index (χ2v) is 5.11. The largest absolute Gasteiger partial charge is 0.466 e. The zero-order chi connectivity index (χ0) is 14.7. The third kappa shape index (κ3) is 2.46. The maximum Gasteiger partial charge on any atom is 0.337 e. The summed E-state index contributed by atoms with van der Waals surface area (Å²) in [6.45, 7) is 5.71. The van der Waals surface area contributed by atoms with Crippen molar-refractivity contribution < 1.29 is 14.3 Å². The van der Waals surface area contributed by atoms with Gasteiger partial charge in [0.25, 0.3) is 0 Å². The van der Waals surface area contributed by atoms with Gasteiger partial charge in [0.1, 0.15) is 0 Å². The summed E-state index contributed by atoms with van der Waals surface area (Å²) in [5.41, 5.74) is 1.92. The Morgan fingerprint density at radius 2 is 2.40 bits per heavy atom. The van der Waals surface area contributed by atoms with Crippen LogP contribution in [0.4, 0.5) is 4.79 Å². The average molecular weight is 292 g/mol. The summed E-state index contributed by atoms with van der Waals surface area (Å²) in [7, 11) is 1.33. The molecule has 2 heterocycles. The molecule has 5 nitrogen and oxygen atoms in total. The van der Waals surface area contributed by atoms with Crippen molar-refractivity contribution in [3.05, 3.63) is 46.3 Å². The lowest BCUT2D eigenvalue weighted by molar-refractivity contribution is -0.136. The number of allylic oxidation sites excluding steroid dienone is 1. The highest BCUT2D eigenvalue weighted by atomic mass is 32.1. The standard InChI is InChI=1S/C14H16N2O3S/c1-4-6-16-9(2)11(13(17)19-3)12(15-14(16)18)10-5-7-20-8-10/h4-5,7-8,12H,1,6H2,2-3H3,(H,15,18). The van der Waals surface area contributed by atoms with Gasteiger partial charge >= 0.3 is 12.0 Å². The fourth-order valence-electron chi connectivity index (χ4n) is 2.19. The van der Waals surface area contributed by atoms with Gasteiger partial charge in [0, 0.05) is 12.2 Å². The number of nitrogens with one attached hydrogen (secondary N) is 1. The van der Waals surface area contributed by atoms with Crippen LogP contribution in [-0.4, -0.2) is 30.6 Å². The molecule has 2 amide bonds. The molecular weight excluding hydrogens is 276 g/mol. The fraction of sp³-hybridized carbons (Fsp3) is 0.286. The minimum absolute atomic E-state index is 0.244. The number of nitrogens with zero attached hydrogens (tertiary/aromatic N) is 1. The van der Waals surface area contributed by atoms with Crippen LogP contribution in [0.25, 0.3) is 0 Å². The number of carbonyl (C=O) groups is 2. The minimum Gasteiger partial charge on any atom is -0.466 e. The number of rotatable bonds is 4. The predicted octanol–water partition coefficient (Wildman–Crippen LogP) is 2.45. The highest BCUT2D eigenvalue weighted by Gasteiger charge is 2.35. The number of hydrogen-bond donors (Lipinski definition) is 1. The molecule has 0 saturated heterocycles. The molecule has 0 bridgehead atoms. The Kier molecular flexibility index (Phi) is 4.24. The molecule has 1 N–H and O–H groups in total. The number of carbonyl (C=O) groups excluding carboxylic acids is 2. The molecule has 1 aliphatic rings. The van der Waals surface area contributed by atoms with Crippen LogP contribution in [-0.2, 0) is 9.53 Å². The van der Waals surface area contributed by atoms with E-state index < -0.39 is 12.0 Å².